The zero-order chi connectivity index (χ0) is 22.8. The molecule has 0 aromatic heterocycles. The minimum Gasteiger partial charge on any atom is -0.394 e. The van der Waals surface area contributed by atoms with Crippen molar-refractivity contribution in [2.75, 3.05) is 13.2 Å². The molecule has 176 valence electrons. The van der Waals surface area contributed by atoms with E-state index in [9.17, 15) is 43.9 Å². The third kappa shape index (κ3) is 5.81. The highest BCUT2D eigenvalue weighted by Crippen LogP contribution is 2.30. The number of carbonyl (C=O) groups excluding carboxylic acids is 1. The molecule has 30 heavy (non-hydrogen) atoms. The summed E-state index contributed by atoms with van der Waals surface area (Å²) in [4.78, 5) is 11.3. The van der Waals surface area contributed by atoms with Gasteiger partial charge in [-0.15, -0.1) is 0 Å². The summed E-state index contributed by atoms with van der Waals surface area (Å²) in [6.07, 6.45) is -15.8. The van der Waals surface area contributed by atoms with Crippen LogP contribution in [0.1, 0.15) is 6.92 Å². The normalized spacial score (nSPS) is 42.7. The SMILES string of the molecule is CC(=O)N[C@H]1C(O)O[C@H](CO)[C@@H](O[C@@H]2O[C@H](CO)[C@H](O)[C@H](O)[C@H]2OS(=O)(=O)O)[C@@H]1O. The van der Waals surface area contributed by atoms with Gasteiger partial charge in [0.1, 0.15) is 42.7 Å². The van der Waals surface area contributed by atoms with Gasteiger partial charge in [-0.25, -0.2) is 4.18 Å². The van der Waals surface area contributed by atoms with Crippen LogP contribution in [0.2, 0.25) is 0 Å². The maximum absolute atomic E-state index is 11.3. The Morgan fingerprint density at radius 1 is 0.967 bits per heavy atom. The second-order valence-corrected chi connectivity index (χ2v) is 7.81. The molecular weight excluding hydrogens is 438 g/mol. The number of nitrogens with one attached hydrogen (secondary N) is 1. The molecule has 2 fully saturated rings. The molecule has 0 spiro atoms. The van der Waals surface area contributed by atoms with E-state index in [0.29, 0.717) is 0 Å². The van der Waals surface area contributed by atoms with Crippen LogP contribution < -0.4 is 5.32 Å². The maximum atomic E-state index is 11.3. The van der Waals surface area contributed by atoms with Crippen LogP contribution in [0.3, 0.4) is 0 Å². The quantitative estimate of drug-likeness (QED) is 0.164. The van der Waals surface area contributed by atoms with E-state index >= 15 is 0 Å². The first-order valence-electron chi connectivity index (χ1n) is 8.72. The molecule has 0 aromatic carbocycles. The lowest BCUT2D eigenvalue weighted by molar-refractivity contribution is -0.342. The Kier molecular flexibility index (Phi) is 8.47. The van der Waals surface area contributed by atoms with Crippen molar-refractivity contribution in [1.29, 1.82) is 0 Å². The lowest BCUT2D eigenvalue weighted by Gasteiger charge is -2.46. The van der Waals surface area contributed by atoms with Crippen molar-refractivity contribution in [2.24, 2.45) is 0 Å². The minimum atomic E-state index is -5.18. The van der Waals surface area contributed by atoms with E-state index < -0.39 is 90.9 Å². The molecule has 1 unspecified atom stereocenters. The van der Waals surface area contributed by atoms with Gasteiger partial charge in [-0.1, -0.05) is 0 Å². The van der Waals surface area contributed by atoms with Crippen molar-refractivity contribution in [3.63, 3.8) is 0 Å². The summed E-state index contributed by atoms with van der Waals surface area (Å²) >= 11 is 0. The Morgan fingerprint density at radius 2 is 1.57 bits per heavy atom. The topological polar surface area (TPSA) is 242 Å². The first-order valence-corrected chi connectivity index (χ1v) is 10.1. The average Bonchev–Trinajstić information content (AvgIpc) is 2.65. The molecule has 0 saturated carbocycles. The first kappa shape index (κ1) is 25.2. The van der Waals surface area contributed by atoms with E-state index in [1.54, 1.807) is 0 Å². The van der Waals surface area contributed by atoms with Gasteiger partial charge in [-0.2, -0.15) is 8.42 Å². The Hall–Kier alpha value is -1.02. The van der Waals surface area contributed by atoms with Gasteiger partial charge in [0, 0.05) is 6.92 Å². The number of ether oxygens (including phenoxy) is 3. The van der Waals surface area contributed by atoms with E-state index in [2.05, 4.69) is 9.50 Å². The molecule has 2 saturated heterocycles. The van der Waals surface area contributed by atoms with Gasteiger partial charge in [0.2, 0.25) is 5.91 Å². The molecule has 0 bridgehead atoms. The molecule has 15 nitrogen and oxygen atoms in total. The van der Waals surface area contributed by atoms with Crippen molar-refractivity contribution in [2.45, 2.75) is 68.3 Å². The second-order valence-electron chi connectivity index (χ2n) is 6.76. The summed E-state index contributed by atoms with van der Waals surface area (Å²) in [7, 11) is -5.18. The highest BCUT2D eigenvalue weighted by atomic mass is 32.3. The number of aliphatic hydroxyl groups is 6. The molecule has 2 heterocycles. The molecule has 2 aliphatic rings. The predicted octanol–water partition coefficient (Wildman–Crippen LogP) is -5.43. The number of rotatable bonds is 7. The van der Waals surface area contributed by atoms with E-state index in [-0.39, 0.29) is 0 Å². The molecule has 16 heteroatoms. The van der Waals surface area contributed by atoms with Gasteiger partial charge in [0.25, 0.3) is 0 Å². The molecule has 10 atom stereocenters. The number of amides is 1. The molecule has 0 aliphatic carbocycles. The number of aliphatic hydroxyl groups excluding tert-OH is 6. The summed E-state index contributed by atoms with van der Waals surface area (Å²) in [6.45, 7) is -0.551. The number of hydrogen-bond acceptors (Lipinski definition) is 13. The number of carbonyl (C=O) groups is 1. The van der Waals surface area contributed by atoms with Crippen molar-refractivity contribution >= 4 is 16.3 Å². The fraction of sp³-hybridized carbons (Fsp3) is 0.929. The van der Waals surface area contributed by atoms with E-state index in [1.807, 2.05) is 0 Å². The minimum absolute atomic E-state index is 0.650. The molecule has 0 aromatic rings. The van der Waals surface area contributed by atoms with Crippen molar-refractivity contribution < 1.29 is 66.8 Å². The van der Waals surface area contributed by atoms with Crippen molar-refractivity contribution in [1.82, 2.24) is 5.32 Å². The fourth-order valence-electron chi connectivity index (χ4n) is 3.20. The van der Waals surface area contributed by atoms with Crippen LogP contribution in [0.25, 0.3) is 0 Å². The van der Waals surface area contributed by atoms with Crippen LogP contribution in [0, 0.1) is 0 Å². The van der Waals surface area contributed by atoms with E-state index in [4.69, 9.17) is 18.8 Å². The van der Waals surface area contributed by atoms with Gasteiger partial charge in [0.05, 0.1) is 13.2 Å². The lowest BCUT2D eigenvalue weighted by atomic mass is 9.95. The van der Waals surface area contributed by atoms with E-state index in [1.165, 1.54) is 0 Å². The zero-order valence-electron chi connectivity index (χ0n) is 15.6. The smallest absolute Gasteiger partial charge is 0.394 e. The van der Waals surface area contributed by atoms with E-state index in [0.717, 1.165) is 6.92 Å². The highest BCUT2D eigenvalue weighted by molar-refractivity contribution is 7.80. The fourth-order valence-corrected chi connectivity index (χ4v) is 3.69. The zero-order valence-corrected chi connectivity index (χ0v) is 16.4. The monoisotopic (exact) mass is 463 g/mol. The van der Waals surface area contributed by atoms with Crippen molar-refractivity contribution in [3.8, 4) is 0 Å². The Morgan fingerprint density at radius 3 is 2.07 bits per heavy atom. The molecule has 1 amide bonds. The van der Waals surface area contributed by atoms with Crippen molar-refractivity contribution in [3.05, 3.63) is 0 Å². The van der Waals surface area contributed by atoms with Crippen LogP contribution in [0.15, 0.2) is 0 Å². The maximum Gasteiger partial charge on any atom is 0.397 e. The third-order valence-electron chi connectivity index (χ3n) is 4.59. The largest absolute Gasteiger partial charge is 0.397 e. The summed E-state index contributed by atoms with van der Waals surface area (Å²) in [5.41, 5.74) is 0. The lowest BCUT2D eigenvalue weighted by Crippen LogP contribution is -2.67. The van der Waals surface area contributed by atoms with Crippen LogP contribution >= 0.6 is 0 Å². The second kappa shape index (κ2) is 10.1. The Balaban J connectivity index is 2.31. The summed E-state index contributed by atoms with van der Waals surface area (Å²) in [5.74, 6) is -0.650. The van der Waals surface area contributed by atoms with Gasteiger partial charge in [0.15, 0.2) is 18.7 Å². The van der Waals surface area contributed by atoms with Gasteiger partial charge in [-0.05, 0) is 0 Å². The molecule has 0 radical (unpaired) electrons. The molecule has 2 rings (SSSR count). The molecule has 2 aliphatic heterocycles. The Labute approximate surface area is 170 Å². The standard InChI is InChI=1S/C14H25NO14S/c1-4(18)15-7-9(20)11(6(3-17)26-13(7)22)28-14-12(29-30(23,24)25)10(21)8(19)5(2-16)27-14/h5-14,16-17,19-22H,2-3H2,1H3,(H,15,18)(H,23,24,25)/t5-,6-,7-,8+,9-,10+,11-,12-,13?,14+/m1/s1. The van der Waals surface area contributed by atoms with Crippen LogP contribution in [-0.4, -0.2) is 124 Å². The van der Waals surface area contributed by atoms with Gasteiger partial charge in [-0.3, -0.25) is 9.35 Å². The highest BCUT2D eigenvalue weighted by Gasteiger charge is 2.52. The Bertz CT molecular complexity index is 690. The summed E-state index contributed by atoms with van der Waals surface area (Å²) in [5, 5.41) is 61.5. The van der Waals surface area contributed by atoms with Gasteiger partial charge >= 0.3 is 10.4 Å². The van der Waals surface area contributed by atoms with Gasteiger partial charge < -0.3 is 50.2 Å². The third-order valence-corrected chi connectivity index (χ3v) is 5.06. The molecule has 8 N–H and O–H groups in total. The first-order chi connectivity index (χ1) is 13.9. The summed E-state index contributed by atoms with van der Waals surface area (Å²) < 4.78 is 51.2. The predicted molar refractivity (Wildman–Crippen MR) is 90.6 cm³/mol. The molecular formula is C14H25NO14S. The van der Waals surface area contributed by atoms with Crippen LogP contribution in [0.5, 0.6) is 0 Å². The number of hydrogen-bond donors (Lipinski definition) is 8. The summed E-state index contributed by atoms with van der Waals surface area (Å²) in [6, 6.07) is -1.43. The average molecular weight is 463 g/mol. The van der Waals surface area contributed by atoms with Crippen LogP contribution in [-0.2, 0) is 33.6 Å². The van der Waals surface area contributed by atoms with Crippen LogP contribution in [0.4, 0.5) is 0 Å².